The Bertz CT molecular complexity index is 318. The highest BCUT2D eigenvalue weighted by molar-refractivity contribution is 5.85. The zero-order valence-electron chi connectivity index (χ0n) is 9.90. The second kappa shape index (κ2) is 5.23. The van der Waals surface area contributed by atoms with E-state index < -0.39 is 12.0 Å². The lowest BCUT2D eigenvalue weighted by Crippen LogP contribution is -2.47. The molecule has 2 unspecified atom stereocenters. The van der Waals surface area contributed by atoms with Gasteiger partial charge in [-0.2, -0.15) is 0 Å². The molecule has 1 spiro atoms. The first kappa shape index (κ1) is 14.3. The quantitative estimate of drug-likeness (QED) is 0.720. The van der Waals surface area contributed by atoms with Crippen LogP contribution in [0.5, 0.6) is 0 Å². The molecule has 0 bridgehead atoms. The molecule has 2 fully saturated rings. The zero-order valence-corrected chi connectivity index (χ0v) is 10.7. The Morgan fingerprint density at radius 2 is 2.29 bits per heavy atom. The first-order valence-electron chi connectivity index (χ1n) is 5.72. The first-order chi connectivity index (χ1) is 7.56. The molecule has 1 amide bonds. The molecule has 0 aromatic heterocycles. The fourth-order valence-electron chi connectivity index (χ4n) is 2.66. The molecule has 5 nitrogen and oxygen atoms in total. The predicted octanol–water partition coefficient (Wildman–Crippen LogP) is 0.357. The lowest BCUT2D eigenvalue weighted by Gasteiger charge is -2.38. The highest BCUT2D eigenvalue weighted by atomic mass is 35.5. The molecule has 3 N–H and O–H groups in total. The summed E-state index contributed by atoms with van der Waals surface area (Å²) >= 11 is 0. The van der Waals surface area contributed by atoms with Crippen LogP contribution < -0.4 is 11.1 Å². The van der Waals surface area contributed by atoms with Gasteiger partial charge in [0.25, 0.3) is 0 Å². The minimum absolute atomic E-state index is 0. The Labute approximate surface area is 107 Å². The Kier molecular flexibility index (Phi) is 4.38. The van der Waals surface area contributed by atoms with E-state index in [1.54, 1.807) is 0 Å². The van der Waals surface area contributed by atoms with Gasteiger partial charge in [0.2, 0.25) is 5.91 Å². The van der Waals surface area contributed by atoms with Gasteiger partial charge in [-0.05, 0) is 32.1 Å². The Balaban J connectivity index is 0.00000144. The first-order valence-corrected chi connectivity index (χ1v) is 5.72. The van der Waals surface area contributed by atoms with E-state index in [0.29, 0.717) is 6.42 Å². The van der Waals surface area contributed by atoms with E-state index in [0.717, 1.165) is 19.3 Å². The second-order valence-corrected chi connectivity index (χ2v) is 4.89. The molecule has 0 radical (unpaired) electrons. The topological polar surface area (TPSA) is 81.4 Å². The van der Waals surface area contributed by atoms with E-state index in [2.05, 4.69) is 10.1 Å². The zero-order chi connectivity index (χ0) is 11.8. The van der Waals surface area contributed by atoms with E-state index in [4.69, 9.17) is 5.73 Å². The Morgan fingerprint density at radius 1 is 1.65 bits per heavy atom. The average Bonchev–Trinajstić information content (AvgIpc) is 2.55. The minimum atomic E-state index is -0.684. The van der Waals surface area contributed by atoms with Crippen LogP contribution in [0.25, 0.3) is 0 Å². The normalized spacial score (nSPS) is 26.7. The highest BCUT2D eigenvalue weighted by Gasteiger charge is 2.48. The second-order valence-electron chi connectivity index (χ2n) is 4.89. The van der Waals surface area contributed by atoms with E-state index in [9.17, 15) is 9.59 Å². The number of nitrogens with one attached hydrogen (secondary N) is 1. The molecule has 17 heavy (non-hydrogen) atoms. The molecular weight excluding hydrogens is 244 g/mol. The molecule has 1 saturated carbocycles. The van der Waals surface area contributed by atoms with Crippen molar-refractivity contribution in [3.63, 3.8) is 0 Å². The molecular formula is C11H19ClN2O3. The van der Waals surface area contributed by atoms with Gasteiger partial charge < -0.3 is 15.8 Å². The lowest BCUT2D eigenvalue weighted by atomic mass is 9.74. The summed E-state index contributed by atoms with van der Waals surface area (Å²) in [5.74, 6) is -0.532. The van der Waals surface area contributed by atoms with E-state index in [1.807, 2.05) is 0 Å². The number of nitrogens with two attached hydrogens (primary N) is 1. The molecule has 1 saturated heterocycles. The summed E-state index contributed by atoms with van der Waals surface area (Å²) < 4.78 is 4.55. The SMILES string of the molecule is COC(=O)C(N)CC1CC2(CCC2)NC1=O.Cl. The van der Waals surface area contributed by atoms with Crippen molar-refractivity contribution in [2.75, 3.05) is 7.11 Å². The van der Waals surface area contributed by atoms with Crippen molar-refractivity contribution in [1.29, 1.82) is 0 Å². The number of carbonyl (C=O) groups excluding carboxylic acids is 2. The number of hydrogen-bond donors (Lipinski definition) is 2. The Morgan fingerprint density at radius 3 is 2.71 bits per heavy atom. The number of esters is 1. The van der Waals surface area contributed by atoms with E-state index in [1.165, 1.54) is 13.5 Å². The third-order valence-corrected chi connectivity index (χ3v) is 3.75. The number of amides is 1. The molecule has 1 aliphatic heterocycles. The summed E-state index contributed by atoms with van der Waals surface area (Å²) in [6.07, 6.45) is 4.50. The van der Waals surface area contributed by atoms with Gasteiger partial charge in [-0.1, -0.05) is 0 Å². The van der Waals surface area contributed by atoms with Crippen LogP contribution in [0.4, 0.5) is 0 Å². The molecule has 1 heterocycles. The van der Waals surface area contributed by atoms with Crippen molar-refractivity contribution in [3.05, 3.63) is 0 Å². The van der Waals surface area contributed by atoms with Crippen LogP contribution in [0.3, 0.4) is 0 Å². The van der Waals surface area contributed by atoms with Crippen LogP contribution in [-0.4, -0.2) is 30.6 Å². The number of ether oxygens (including phenoxy) is 1. The third kappa shape index (κ3) is 2.72. The number of halogens is 1. The summed E-state index contributed by atoms with van der Waals surface area (Å²) in [5.41, 5.74) is 5.69. The van der Waals surface area contributed by atoms with Gasteiger partial charge in [-0.3, -0.25) is 9.59 Å². The molecule has 6 heteroatoms. The van der Waals surface area contributed by atoms with Crippen LogP contribution in [0, 0.1) is 5.92 Å². The number of carbonyl (C=O) groups is 2. The van der Waals surface area contributed by atoms with Crippen molar-refractivity contribution in [2.24, 2.45) is 11.7 Å². The fourth-order valence-corrected chi connectivity index (χ4v) is 2.66. The van der Waals surface area contributed by atoms with Crippen molar-refractivity contribution < 1.29 is 14.3 Å². The summed E-state index contributed by atoms with van der Waals surface area (Å²) in [4.78, 5) is 22.9. The van der Waals surface area contributed by atoms with Crippen molar-refractivity contribution in [1.82, 2.24) is 5.32 Å². The van der Waals surface area contributed by atoms with Crippen molar-refractivity contribution in [3.8, 4) is 0 Å². The number of rotatable bonds is 3. The van der Waals surface area contributed by atoms with Crippen LogP contribution in [0.15, 0.2) is 0 Å². The maximum absolute atomic E-state index is 11.7. The summed E-state index contributed by atoms with van der Waals surface area (Å²) in [5, 5.41) is 3.03. The lowest BCUT2D eigenvalue weighted by molar-refractivity contribution is -0.142. The van der Waals surface area contributed by atoms with Crippen LogP contribution in [-0.2, 0) is 14.3 Å². The highest BCUT2D eigenvalue weighted by Crippen LogP contribution is 2.42. The minimum Gasteiger partial charge on any atom is -0.468 e. The van der Waals surface area contributed by atoms with Crippen LogP contribution in [0.1, 0.15) is 32.1 Å². The standard InChI is InChI=1S/C11H18N2O3.ClH/c1-16-10(15)8(12)5-7-6-11(3-2-4-11)13-9(7)14;/h7-8H,2-6,12H2,1H3,(H,13,14);1H. The molecule has 2 rings (SSSR count). The summed E-state index contributed by atoms with van der Waals surface area (Å²) in [7, 11) is 1.31. The molecule has 2 aliphatic rings. The largest absolute Gasteiger partial charge is 0.468 e. The van der Waals surface area contributed by atoms with Gasteiger partial charge in [0, 0.05) is 11.5 Å². The fraction of sp³-hybridized carbons (Fsp3) is 0.818. The molecule has 1 aliphatic carbocycles. The van der Waals surface area contributed by atoms with Gasteiger partial charge in [0.1, 0.15) is 6.04 Å². The van der Waals surface area contributed by atoms with Gasteiger partial charge in [-0.25, -0.2) is 0 Å². The Hall–Kier alpha value is -0.810. The van der Waals surface area contributed by atoms with Crippen LogP contribution in [0.2, 0.25) is 0 Å². The smallest absolute Gasteiger partial charge is 0.322 e. The van der Waals surface area contributed by atoms with Crippen molar-refractivity contribution in [2.45, 2.75) is 43.7 Å². The monoisotopic (exact) mass is 262 g/mol. The van der Waals surface area contributed by atoms with Gasteiger partial charge >= 0.3 is 5.97 Å². The van der Waals surface area contributed by atoms with E-state index >= 15 is 0 Å². The number of hydrogen-bond acceptors (Lipinski definition) is 4. The van der Waals surface area contributed by atoms with E-state index in [-0.39, 0.29) is 29.8 Å². The third-order valence-electron chi connectivity index (χ3n) is 3.75. The maximum Gasteiger partial charge on any atom is 0.322 e. The average molecular weight is 263 g/mol. The summed E-state index contributed by atoms with van der Waals surface area (Å²) in [6, 6.07) is -0.684. The van der Waals surface area contributed by atoms with Gasteiger partial charge in [0.15, 0.2) is 0 Å². The van der Waals surface area contributed by atoms with Crippen LogP contribution >= 0.6 is 12.4 Å². The molecule has 0 aromatic carbocycles. The molecule has 2 atom stereocenters. The van der Waals surface area contributed by atoms with Gasteiger partial charge in [0.05, 0.1) is 7.11 Å². The predicted molar refractivity (Wildman–Crippen MR) is 64.7 cm³/mol. The molecule has 0 aromatic rings. The number of methoxy groups -OCH3 is 1. The van der Waals surface area contributed by atoms with Crippen molar-refractivity contribution >= 4 is 24.3 Å². The maximum atomic E-state index is 11.7. The summed E-state index contributed by atoms with van der Waals surface area (Å²) in [6.45, 7) is 0. The van der Waals surface area contributed by atoms with Gasteiger partial charge in [-0.15, -0.1) is 12.4 Å². The molecule has 98 valence electrons.